The van der Waals surface area contributed by atoms with Crippen LogP contribution in [0.5, 0.6) is 0 Å². The van der Waals surface area contributed by atoms with Gasteiger partial charge in [0.15, 0.2) is 0 Å². The van der Waals surface area contributed by atoms with Crippen molar-refractivity contribution in [3.8, 4) is 11.1 Å². The molecule has 2 nitrogen and oxygen atoms in total. The quantitative estimate of drug-likeness (QED) is 0.0516. The maximum atomic E-state index is 2.51. The number of nitrogens with zero attached hydrogens (tertiary/aromatic N) is 2. The minimum atomic E-state index is 1.16. The Labute approximate surface area is 314 Å². The maximum Gasteiger partial charge on any atom is 0.104 e. The molecule has 50 heavy (non-hydrogen) atoms. The van der Waals surface area contributed by atoms with Gasteiger partial charge in [-0.25, -0.2) is 0 Å². The molecule has 2 heteroatoms. The van der Waals surface area contributed by atoms with Crippen molar-refractivity contribution in [3.05, 3.63) is 59.7 Å². The van der Waals surface area contributed by atoms with E-state index in [4.69, 9.17) is 0 Å². The Hall–Kier alpha value is -1.64. The fourth-order valence-electron chi connectivity index (χ4n) is 8.07. The molecule has 2 atom stereocenters. The standard InChI is InChI=1S/C48H86N2/c1-7-11-15-17-19-21-23-25-27-29-41-49(5,39-13-9-3)43-45-31-35-47(36-32-45)48-37-33-46(34-38-48)44-50(6,40-14-10-4)42-30-28-26-24-22-20-18-16-12-8-2/h31-38H,7-30,39-44H2,1-6H3/q+2. The molecule has 0 spiro atoms. The molecule has 0 aliphatic carbocycles. The van der Waals surface area contributed by atoms with Crippen molar-refractivity contribution in [1.29, 1.82) is 0 Å². The van der Waals surface area contributed by atoms with Crippen molar-refractivity contribution in [2.24, 2.45) is 0 Å². The van der Waals surface area contributed by atoms with Crippen LogP contribution in [-0.2, 0) is 13.1 Å². The van der Waals surface area contributed by atoms with E-state index < -0.39 is 0 Å². The van der Waals surface area contributed by atoms with E-state index in [1.54, 1.807) is 0 Å². The van der Waals surface area contributed by atoms with Gasteiger partial charge < -0.3 is 8.97 Å². The predicted molar refractivity (Wildman–Crippen MR) is 225 cm³/mol. The van der Waals surface area contributed by atoms with Crippen molar-refractivity contribution in [2.75, 3.05) is 40.3 Å². The lowest BCUT2D eigenvalue weighted by Gasteiger charge is -2.35. The van der Waals surface area contributed by atoms with E-state index in [-0.39, 0.29) is 0 Å². The van der Waals surface area contributed by atoms with Crippen molar-refractivity contribution < 1.29 is 8.97 Å². The first-order valence-electron chi connectivity index (χ1n) is 22.2. The highest BCUT2D eigenvalue weighted by atomic mass is 15.3. The maximum absolute atomic E-state index is 2.51. The van der Waals surface area contributed by atoms with Gasteiger partial charge in [-0.3, -0.25) is 0 Å². The van der Waals surface area contributed by atoms with Crippen molar-refractivity contribution in [2.45, 2.75) is 195 Å². The molecule has 0 N–H and O–H groups in total. The van der Waals surface area contributed by atoms with Crippen LogP contribution in [0.15, 0.2) is 48.5 Å². The molecule has 0 amide bonds. The summed E-state index contributed by atoms with van der Waals surface area (Å²) in [5.74, 6) is 0. The Balaban J connectivity index is 1.84. The van der Waals surface area contributed by atoms with Gasteiger partial charge in [-0.15, -0.1) is 0 Å². The van der Waals surface area contributed by atoms with Gasteiger partial charge in [0.1, 0.15) is 13.1 Å². The number of benzene rings is 2. The summed E-state index contributed by atoms with van der Waals surface area (Å²) in [7, 11) is 5.03. The molecule has 2 aromatic rings. The van der Waals surface area contributed by atoms with Gasteiger partial charge in [-0.1, -0.05) is 192 Å². The third kappa shape index (κ3) is 20.4. The zero-order chi connectivity index (χ0) is 36.2. The van der Waals surface area contributed by atoms with Crippen LogP contribution >= 0.6 is 0 Å². The average molecular weight is 691 g/mol. The Morgan fingerprint density at radius 2 is 0.540 bits per heavy atom. The topological polar surface area (TPSA) is 0 Å². The molecular weight excluding hydrogens is 605 g/mol. The minimum absolute atomic E-state index is 1.16. The summed E-state index contributed by atoms with van der Waals surface area (Å²) in [5, 5.41) is 0. The van der Waals surface area contributed by atoms with Gasteiger partial charge in [-0.2, -0.15) is 0 Å². The third-order valence-corrected chi connectivity index (χ3v) is 11.6. The van der Waals surface area contributed by atoms with E-state index in [9.17, 15) is 0 Å². The Bertz CT molecular complexity index is 957. The van der Waals surface area contributed by atoms with Crippen LogP contribution in [0, 0.1) is 0 Å². The molecule has 0 aliphatic heterocycles. The first-order valence-corrected chi connectivity index (χ1v) is 22.2. The summed E-state index contributed by atoms with van der Waals surface area (Å²) < 4.78 is 2.38. The van der Waals surface area contributed by atoms with Gasteiger partial charge in [-0.05, 0) is 49.7 Å². The van der Waals surface area contributed by atoms with Crippen LogP contribution in [0.3, 0.4) is 0 Å². The SMILES string of the molecule is CCCCCCCCCCCC[N+](C)(CCCC)Cc1ccc(-c2ccc(C[N+](C)(CCCC)CCCCCCCCCCCC)cc2)cc1. The summed E-state index contributed by atoms with van der Waals surface area (Å²) in [6, 6.07) is 19.2. The normalized spacial score (nSPS) is 14.1. The van der Waals surface area contributed by atoms with Crippen molar-refractivity contribution in [1.82, 2.24) is 0 Å². The summed E-state index contributed by atoms with van der Waals surface area (Å²) in [5.41, 5.74) is 5.69. The first kappa shape index (κ1) is 44.5. The average Bonchev–Trinajstić information content (AvgIpc) is 3.12. The van der Waals surface area contributed by atoms with Gasteiger partial charge in [0, 0.05) is 11.1 Å². The summed E-state index contributed by atoms with van der Waals surface area (Å²) in [4.78, 5) is 0. The molecule has 0 aromatic heterocycles. The third-order valence-electron chi connectivity index (χ3n) is 11.6. The van der Waals surface area contributed by atoms with E-state index >= 15 is 0 Å². The second-order valence-electron chi connectivity index (χ2n) is 16.9. The smallest absolute Gasteiger partial charge is 0.104 e. The lowest BCUT2D eigenvalue weighted by atomic mass is 10.0. The second-order valence-corrected chi connectivity index (χ2v) is 16.9. The monoisotopic (exact) mass is 691 g/mol. The van der Waals surface area contributed by atoms with E-state index in [1.807, 2.05) is 0 Å². The summed E-state index contributed by atoms with van der Waals surface area (Å²) in [6.07, 6.45) is 33.6. The van der Waals surface area contributed by atoms with Crippen molar-refractivity contribution in [3.63, 3.8) is 0 Å². The van der Waals surface area contributed by atoms with E-state index in [2.05, 4.69) is 90.3 Å². The van der Waals surface area contributed by atoms with E-state index in [0.717, 1.165) is 13.1 Å². The molecular formula is C48H86N2+2. The molecule has 2 aromatic carbocycles. The number of hydrogen-bond acceptors (Lipinski definition) is 0. The molecule has 0 fully saturated rings. The Morgan fingerprint density at radius 1 is 0.300 bits per heavy atom. The highest BCUT2D eigenvalue weighted by molar-refractivity contribution is 5.63. The van der Waals surface area contributed by atoms with Crippen molar-refractivity contribution >= 4 is 0 Å². The molecule has 2 unspecified atom stereocenters. The number of hydrogen-bond donors (Lipinski definition) is 0. The fraction of sp³-hybridized carbons (Fsp3) is 0.750. The molecule has 286 valence electrons. The number of unbranched alkanes of at least 4 members (excludes halogenated alkanes) is 20. The van der Waals surface area contributed by atoms with Gasteiger partial charge in [0.05, 0.1) is 40.3 Å². The van der Waals surface area contributed by atoms with Crippen LogP contribution in [-0.4, -0.2) is 49.2 Å². The van der Waals surface area contributed by atoms with Gasteiger partial charge >= 0.3 is 0 Å². The van der Waals surface area contributed by atoms with Crippen LogP contribution in [0.4, 0.5) is 0 Å². The van der Waals surface area contributed by atoms with E-state index in [0.29, 0.717) is 0 Å². The summed E-state index contributed by atoms with van der Waals surface area (Å²) >= 11 is 0. The number of quaternary nitrogens is 2. The lowest BCUT2D eigenvalue weighted by molar-refractivity contribution is -0.923. The Kier molecular flexibility index (Phi) is 24.9. The molecule has 0 saturated heterocycles. The molecule has 0 aliphatic rings. The summed E-state index contributed by atoms with van der Waals surface area (Å²) in [6.45, 7) is 16.8. The largest absolute Gasteiger partial charge is 0.322 e. The fourth-order valence-corrected chi connectivity index (χ4v) is 8.07. The lowest BCUT2D eigenvalue weighted by Crippen LogP contribution is -2.44. The predicted octanol–water partition coefficient (Wildman–Crippen LogP) is 14.7. The number of rotatable bonds is 33. The molecule has 0 saturated carbocycles. The molecule has 0 bridgehead atoms. The van der Waals surface area contributed by atoms with Crippen LogP contribution in [0.2, 0.25) is 0 Å². The Morgan fingerprint density at radius 3 is 0.820 bits per heavy atom. The van der Waals surface area contributed by atoms with Crippen LogP contribution < -0.4 is 0 Å². The van der Waals surface area contributed by atoms with Gasteiger partial charge in [0.2, 0.25) is 0 Å². The van der Waals surface area contributed by atoms with E-state index in [1.165, 1.54) is 211 Å². The molecule has 0 heterocycles. The van der Waals surface area contributed by atoms with Crippen LogP contribution in [0.25, 0.3) is 11.1 Å². The molecule has 2 rings (SSSR count). The zero-order valence-corrected chi connectivity index (χ0v) is 34.7. The highest BCUT2D eigenvalue weighted by Gasteiger charge is 2.22. The van der Waals surface area contributed by atoms with Crippen LogP contribution in [0.1, 0.15) is 193 Å². The zero-order valence-electron chi connectivity index (χ0n) is 34.7. The second kappa shape index (κ2) is 27.9. The first-order chi connectivity index (χ1) is 24.4. The highest BCUT2D eigenvalue weighted by Crippen LogP contribution is 2.25. The molecule has 0 radical (unpaired) electrons. The van der Waals surface area contributed by atoms with Gasteiger partial charge in [0.25, 0.3) is 0 Å². The minimum Gasteiger partial charge on any atom is -0.322 e.